The molecular weight excluding hydrogens is 292 g/mol. The van der Waals surface area contributed by atoms with Crippen molar-refractivity contribution >= 4 is 17.2 Å². The predicted molar refractivity (Wildman–Crippen MR) is 87.7 cm³/mol. The molecule has 0 spiro atoms. The van der Waals surface area contributed by atoms with Gasteiger partial charge in [-0.05, 0) is 30.7 Å². The van der Waals surface area contributed by atoms with Crippen LogP contribution >= 0.6 is 0 Å². The highest BCUT2D eigenvalue weighted by atomic mass is 16.6. The number of Topliss-reactive ketones (excluding diaryl/α,β-unsaturated/α-hetero) is 1. The Morgan fingerprint density at radius 1 is 1.22 bits per heavy atom. The largest absolute Gasteiger partial charge is 0.383 e. The Morgan fingerprint density at radius 2 is 2.04 bits per heavy atom. The van der Waals surface area contributed by atoms with Gasteiger partial charge in [-0.2, -0.15) is 0 Å². The second-order valence-corrected chi connectivity index (χ2v) is 5.39. The highest BCUT2D eigenvalue weighted by molar-refractivity contribution is 6.04. The summed E-state index contributed by atoms with van der Waals surface area (Å²) in [5, 5.41) is 14.0. The van der Waals surface area contributed by atoms with E-state index >= 15 is 0 Å². The molecule has 1 heterocycles. The number of carbonyl (C=O) groups excluding carboxylic acids is 1. The van der Waals surface area contributed by atoms with Crippen LogP contribution in [0.2, 0.25) is 0 Å². The van der Waals surface area contributed by atoms with E-state index in [2.05, 4.69) is 17.2 Å². The molecule has 0 unspecified atom stereocenters. The number of nitrogens with one attached hydrogen (secondary N) is 1. The molecule has 0 aliphatic carbocycles. The van der Waals surface area contributed by atoms with Crippen LogP contribution in [0, 0.1) is 28.9 Å². The molecule has 1 aliphatic heterocycles. The zero-order valence-corrected chi connectivity index (χ0v) is 12.6. The van der Waals surface area contributed by atoms with E-state index in [1.54, 1.807) is 12.1 Å². The first-order valence-electron chi connectivity index (χ1n) is 7.23. The predicted octanol–water partition coefficient (Wildman–Crippen LogP) is 3.30. The van der Waals surface area contributed by atoms with Gasteiger partial charge < -0.3 is 5.32 Å². The van der Waals surface area contributed by atoms with E-state index in [4.69, 9.17) is 0 Å². The van der Waals surface area contributed by atoms with Crippen LogP contribution < -0.4 is 5.32 Å². The number of benzene rings is 2. The molecule has 3 rings (SSSR count). The van der Waals surface area contributed by atoms with Gasteiger partial charge in [0.2, 0.25) is 0 Å². The van der Waals surface area contributed by atoms with E-state index in [1.165, 1.54) is 12.1 Å². The minimum Gasteiger partial charge on any atom is -0.383 e. The molecule has 0 saturated carbocycles. The van der Waals surface area contributed by atoms with E-state index in [1.807, 2.05) is 19.1 Å². The lowest BCUT2D eigenvalue weighted by Crippen LogP contribution is -2.19. The van der Waals surface area contributed by atoms with Crippen LogP contribution in [-0.4, -0.2) is 17.3 Å². The van der Waals surface area contributed by atoms with Crippen LogP contribution in [0.1, 0.15) is 33.5 Å². The second-order valence-electron chi connectivity index (χ2n) is 5.39. The average Bonchev–Trinajstić information content (AvgIpc) is 2.54. The smallest absolute Gasteiger partial charge is 0.270 e. The summed E-state index contributed by atoms with van der Waals surface area (Å²) in [5.74, 6) is 6.08. The molecule has 1 aliphatic rings. The summed E-state index contributed by atoms with van der Waals surface area (Å²) >= 11 is 0. The van der Waals surface area contributed by atoms with E-state index in [0.717, 1.165) is 16.8 Å². The first kappa shape index (κ1) is 14.8. The number of carbonyl (C=O) groups is 1. The summed E-state index contributed by atoms with van der Waals surface area (Å²) in [7, 11) is 0. The van der Waals surface area contributed by atoms with E-state index in [0.29, 0.717) is 24.1 Å². The van der Waals surface area contributed by atoms with E-state index < -0.39 is 4.92 Å². The number of anilines is 1. The Hall–Kier alpha value is -3.13. The molecule has 2 aromatic carbocycles. The fraction of sp³-hybridized carbons (Fsp3) is 0.167. The van der Waals surface area contributed by atoms with Crippen molar-refractivity contribution in [1.29, 1.82) is 0 Å². The van der Waals surface area contributed by atoms with Gasteiger partial charge in [-0.25, -0.2) is 0 Å². The zero-order chi connectivity index (χ0) is 16.4. The quantitative estimate of drug-likeness (QED) is 0.498. The summed E-state index contributed by atoms with van der Waals surface area (Å²) in [5.41, 5.74) is 3.70. The van der Waals surface area contributed by atoms with Gasteiger partial charge in [0.15, 0.2) is 5.78 Å². The molecule has 0 radical (unpaired) electrons. The third-order valence-corrected chi connectivity index (χ3v) is 3.64. The molecular formula is C18H14N2O3. The van der Waals surface area contributed by atoms with Crippen molar-refractivity contribution in [1.82, 2.24) is 0 Å². The normalized spacial score (nSPS) is 12.7. The van der Waals surface area contributed by atoms with Crippen molar-refractivity contribution in [3.63, 3.8) is 0 Å². The topological polar surface area (TPSA) is 72.2 Å². The molecule has 0 fully saturated rings. The first-order valence-corrected chi connectivity index (χ1v) is 7.23. The first-order chi connectivity index (χ1) is 11.0. The van der Waals surface area contributed by atoms with Crippen LogP contribution in [0.5, 0.6) is 0 Å². The molecule has 2 aromatic rings. The number of nitrogens with zero attached hydrogens (tertiary/aromatic N) is 1. The molecule has 0 saturated heterocycles. The molecule has 23 heavy (non-hydrogen) atoms. The Labute approximate surface area is 133 Å². The van der Waals surface area contributed by atoms with Gasteiger partial charge in [0.25, 0.3) is 5.69 Å². The van der Waals surface area contributed by atoms with Gasteiger partial charge in [-0.15, -0.1) is 0 Å². The Kier molecular flexibility index (Phi) is 3.82. The van der Waals surface area contributed by atoms with E-state index in [-0.39, 0.29) is 11.5 Å². The minimum atomic E-state index is -0.445. The molecule has 5 nitrogen and oxygen atoms in total. The molecule has 114 valence electrons. The molecule has 0 bridgehead atoms. The summed E-state index contributed by atoms with van der Waals surface area (Å²) in [6, 6.07) is 9.97. The van der Waals surface area contributed by atoms with Crippen LogP contribution in [0.4, 0.5) is 11.4 Å². The zero-order valence-electron chi connectivity index (χ0n) is 12.6. The number of non-ortho nitro benzene ring substituents is 1. The molecule has 0 atom stereocenters. The van der Waals surface area contributed by atoms with Crippen LogP contribution in [-0.2, 0) is 0 Å². The van der Waals surface area contributed by atoms with Gasteiger partial charge in [0.1, 0.15) is 0 Å². The van der Waals surface area contributed by atoms with Gasteiger partial charge in [0, 0.05) is 41.8 Å². The van der Waals surface area contributed by atoms with Gasteiger partial charge in [-0.1, -0.05) is 17.9 Å². The number of hydrogen-bond donors (Lipinski definition) is 1. The standard InChI is InChI=1S/C18H14N2O3/c1-12-9-14(18-16(10-12)17(21)7-8-19-18)6-5-13-3-2-4-15(11-13)20(22)23/h2-4,9-11,19H,7-8H2,1H3. The fourth-order valence-electron chi connectivity index (χ4n) is 2.57. The monoisotopic (exact) mass is 306 g/mol. The summed E-state index contributed by atoms with van der Waals surface area (Å²) in [4.78, 5) is 22.4. The fourth-order valence-corrected chi connectivity index (χ4v) is 2.57. The van der Waals surface area contributed by atoms with Crippen molar-refractivity contribution in [2.24, 2.45) is 0 Å². The van der Waals surface area contributed by atoms with Crippen molar-refractivity contribution in [3.8, 4) is 11.8 Å². The van der Waals surface area contributed by atoms with Crippen molar-refractivity contribution < 1.29 is 9.72 Å². The maximum Gasteiger partial charge on any atom is 0.270 e. The number of ketones is 1. The summed E-state index contributed by atoms with van der Waals surface area (Å²) in [6.45, 7) is 2.51. The Balaban J connectivity index is 2.03. The van der Waals surface area contributed by atoms with Crippen LogP contribution in [0.25, 0.3) is 0 Å². The highest BCUT2D eigenvalue weighted by Gasteiger charge is 2.19. The lowest BCUT2D eigenvalue weighted by molar-refractivity contribution is -0.384. The number of nitro benzene ring substituents is 1. The number of nitro groups is 1. The molecule has 0 aromatic heterocycles. The maximum atomic E-state index is 12.0. The van der Waals surface area contributed by atoms with Crippen LogP contribution in [0.15, 0.2) is 36.4 Å². The van der Waals surface area contributed by atoms with E-state index in [9.17, 15) is 14.9 Å². The number of rotatable bonds is 1. The second kappa shape index (κ2) is 5.93. The third-order valence-electron chi connectivity index (χ3n) is 3.64. The summed E-state index contributed by atoms with van der Waals surface area (Å²) in [6.07, 6.45) is 0.480. The van der Waals surface area contributed by atoms with Crippen molar-refractivity contribution in [2.75, 3.05) is 11.9 Å². The Bertz CT molecular complexity index is 876. The molecule has 5 heteroatoms. The van der Waals surface area contributed by atoms with Gasteiger partial charge in [-0.3, -0.25) is 14.9 Å². The summed E-state index contributed by atoms with van der Waals surface area (Å²) < 4.78 is 0. The maximum absolute atomic E-state index is 12.0. The van der Waals surface area contributed by atoms with Gasteiger partial charge >= 0.3 is 0 Å². The number of aryl methyl sites for hydroxylation is 1. The molecule has 0 amide bonds. The van der Waals surface area contributed by atoms with Crippen LogP contribution in [0.3, 0.4) is 0 Å². The number of fused-ring (bicyclic) bond motifs is 1. The third kappa shape index (κ3) is 3.06. The average molecular weight is 306 g/mol. The lowest BCUT2D eigenvalue weighted by Gasteiger charge is -2.19. The van der Waals surface area contributed by atoms with Crippen molar-refractivity contribution in [3.05, 3.63) is 68.8 Å². The molecule has 1 N–H and O–H groups in total. The Morgan fingerprint density at radius 3 is 2.83 bits per heavy atom. The number of hydrogen-bond acceptors (Lipinski definition) is 4. The van der Waals surface area contributed by atoms with Crippen molar-refractivity contribution in [2.45, 2.75) is 13.3 Å². The minimum absolute atomic E-state index is 0.0105. The van der Waals surface area contributed by atoms with Gasteiger partial charge in [0.05, 0.1) is 10.6 Å². The highest BCUT2D eigenvalue weighted by Crippen LogP contribution is 2.27. The SMILES string of the molecule is Cc1cc(C#Cc2cccc([N+](=O)[O-])c2)c2c(c1)C(=O)CCN2. The lowest BCUT2D eigenvalue weighted by atomic mass is 9.96.